The summed E-state index contributed by atoms with van der Waals surface area (Å²) >= 11 is 0. The molecule has 2 aliphatic rings. The molecule has 0 amide bonds. The second kappa shape index (κ2) is 8.62. The summed E-state index contributed by atoms with van der Waals surface area (Å²) in [5.74, 6) is 1.73. The Bertz CT molecular complexity index is 699. The fourth-order valence-electron chi connectivity index (χ4n) is 3.41. The van der Waals surface area contributed by atoms with Crippen LogP contribution in [0.15, 0.2) is 18.2 Å². The van der Waals surface area contributed by atoms with Gasteiger partial charge in [-0.1, -0.05) is 6.07 Å². The van der Waals surface area contributed by atoms with Crippen molar-refractivity contribution in [1.29, 1.82) is 5.26 Å². The average Bonchev–Trinajstić information content (AvgIpc) is 3.55. The van der Waals surface area contributed by atoms with E-state index in [1.807, 2.05) is 18.2 Å². The summed E-state index contributed by atoms with van der Waals surface area (Å²) in [5.41, 5.74) is 0.0887. The van der Waals surface area contributed by atoms with Gasteiger partial charge < -0.3 is 18.9 Å². The van der Waals surface area contributed by atoms with Gasteiger partial charge in [-0.2, -0.15) is 5.26 Å². The van der Waals surface area contributed by atoms with Crippen molar-refractivity contribution < 1.29 is 23.7 Å². The first-order chi connectivity index (χ1) is 13.1. The van der Waals surface area contributed by atoms with Crippen molar-refractivity contribution in [3.8, 4) is 17.6 Å². The lowest BCUT2D eigenvalue weighted by Crippen LogP contribution is -2.37. The minimum absolute atomic E-state index is 0.136. The molecule has 0 radical (unpaired) electrons. The van der Waals surface area contributed by atoms with Gasteiger partial charge in [0.15, 0.2) is 17.1 Å². The molecule has 0 heterocycles. The lowest BCUT2D eigenvalue weighted by atomic mass is 9.79. The molecule has 1 aromatic rings. The maximum absolute atomic E-state index is 11.7. The minimum atomic E-state index is -0.848. The Morgan fingerprint density at radius 3 is 2.52 bits per heavy atom. The van der Waals surface area contributed by atoms with Crippen LogP contribution in [0.3, 0.4) is 0 Å². The third kappa shape index (κ3) is 4.92. The minimum Gasteiger partial charge on any atom is -0.493 e. The number of nitrogens with zero attached hydrogens (tertiary/aromatic N) is 1. The normalized spacial score (nSPS) is 24.7. The third-order valence-electron chi connectivity index (χ3n) is 5.45. The highest BCUT2D eigenvalue weighted by Gasteiger charge is 2.39. The van der Waals surface area contributed by atoms with Crippen molar-refractivity contribution in [3.63, 3.8) is 0 Å². The Morgan fingerprint density at radius 2 is 1.93 bits per heavy atom. The van der Waals surface area contributed by atoms with E-state index in [0.29, 0.717) is 56.3 Å². The molecule has 0 aromatic heterocycles. The molecule has 0 atom stereocenters. The van der Waals surface area contributed by atoms with E-state index in [1.54, 1.807) is 7.11 Å². The molecular formula is C21H27NO5. The number of nitriles is 1. The van der Waals surface area contributed by atoms with Gasteiger partial charge in [0.25, 0.3) is 0 Å². The summed E-state index contributed by atoms with van der Waals surface area (Å²) in [4.78, 5) is 11.7. The first-order valence-corrected chi connectivity index (χ1v) is 9.52. The molecule has 0 bridgehead atoms. The van der Waals surface area contributed by atoms with Gasteiger partial charge >= 0.3 is 5.97 Å². The average molecular weight is 373 g/mol. The predicted octanol–water partition coefficient (Wildman–Crippen LogP) is 3.63. The van der Waals surface area contributed by atoms with E-state index in [-0.39, 0.29) is 11.9 Å². The highest BCUT2D eigenvalue weighted by atomic mass is 16.5. The number of carbonyl (C=O) groups excluding carboxylic acids is 1. The van der Waals surface area contributed by atoms with Crippen LogP contribution in [0.5, 0.6) is 11.5 Å². The third-order valence-corrected chi connectivity index (χ3v) is 5.45. The van der Waals surface area contributed by atoms with E-state index in [2.05, 4.69) is 6.07 Å². The van der Waals surface area contributed by atoms with Crippen LogP contribution in [-0.2, 0) is 20.9 Å². The first kappa shape index (κ1) is 19.5. The van der Waals surface area contributed by atoms with Gasteiger partial charge in [0.05, 0.1) is 39.4 Å². The monoisotopic (exact) mass is 373 g/mol. The number of esters is 1. The Balaban J connectivity index is 1.60. The van der Waals surface area contributed by atoms with Gasteiger partial charge in [-0.25, -0.2) is 0 Å². The molecule has 2 aliphatic carbocycles. The zero-order valence-electron chi connectivity index (χ0n) is 16.0. The van der Waals surface area contributed by atoms with E-state index in [4.69, 9.17) is 18.9 Å². The Labute approximate surface area is 160 Å². The van der Waals surface area contributed by atoms with Crippen LogP contribution in [0.25, 0.3) is 0 Å². The zero-order valence-corrected chi connectivity index (χ0v) is 16.0. The second-order valence-electron chi connectivity index (χ2n) is 7.43. The Kier molecular flexibility index (Phi) is 6.22. The van der Waals surface area contributed by atoms with Crippen LogP contribution >= 0.6 is 0 Å². The number of carbonyl (C=O) groups is 1. The lowest BCUT2D eigenvalue weighted by Gasteiger charge is -2.33. The summed E-state index contributed by atoms with van der Waals surface area (Å²) in [7, 11) is 3.03. The fraction of sp³-hybridized carbons (Fsp3) is 0.619. The smallest absolute Gasteiger partial charge is 0.308 e. The largest absolute Gasteiger partial charge is 0.493 e. The molecule has 0 spiro atoms. The quantitative estimate of drug-likeness (QED) is 0.648. The van der Waals surface area contributed by atoms with Gasteiger partial charge in [-0.15, -0.1) is 0 Å². The van der Waals surface area contributed by atoms with E-state index in [9.17, 15) is 10.1 Å². The molecule has 6 heteroatoms. The molecule has 146 valence electrons. The Morgan fingerprint density at radius 1 is 1.19 bits per heavy atom. The van der Waals surface area contributed by atoms with E-state index in [1.165, 1.54) is 20.0 Å². The number of hydrogen-bond donors (Lipinski definition) is 0. The van der Waals surface area contributed by atoms with Crippen LogP contribution in [0.4, 0.5) is 0 Å². The molecule has 3 rings (SSSR count). The number of hydrogen-bond acceptors (Lipinski definition) is 6. The summed E-state index contributed by atoms with van der Waals surface area (Å²) in [6.45, 7) is 1.03. The highest BCUT2D eigenvalue weighted by molar-refractivity contribution is 5.72. The molecule has 6 nitrogen and oxygen atoms in total. The Hall–Kier alpha value is -2.26. The van der Waals surface area contributed by atoms with Gasteiger partial charge in [-0.3, -0.25) is 4.79 Å². The highest BCUT2D eigenvalue weighted by Crippen LogP contribution is 2.37. The number of ether oxygens (including phenoxy) is 4. The van der Waals surface area contributed by atoms with Gasteiger partial charge in [0.1, 0.15) is 0 Å². The molecule has 1 aromatic carbocycles. The van der Waals surface area contributed by atoms with Gasteiger partial charge in [-0.05, 0) is 62.1 Å². The molecule has 0 aliphatic heterocycles. The van der Waals surface area contributed by atoms with Crippen molar-refractivity contribution in [2.24, 2.45) is 11.8 Å². The van der Waals surface area contributed by atoms with Crippen molar-refractivity contribution in [2.75, 3.05) is 20.8 Å². The molecule has 0 unspecified atom stereocenters. The molecule has 0 N–H and O–H groups in total. The van der Waals surface area contributed by atoms with Crippen LogP contribution in [0.1, 0.15) is 44.1 Å². The van der Waals surface area contributed by atoms with Gasteiger partial charge in [0.2, 0.25) is 0 Å². The zero-order chi connectivity index (χ0) is 19.3. The SMILES string of the molecule is COC(=O)C1CCC(C#N)(OCc2ccc(OC)c(OCC3CC3)c2)CC1. The molecule has 0 saturated heterocycles. The van der Waals surface area contributed by atoms with Crippen LogP contribution in [0, 0.1) is 23.2 Å². The first-order valence-electron chi connectivity index (χ1n) is 9.52. The van der Waals surface area contributed by atoms with E-state index < -0.39 is 5.60 Å². The predicted molar refractivity (Wildman–Crippen MR) is 98.3 cm³/mol. The molecular weight excluding hydrogens is 346 g/mol. The number of benzene rings is 1. The van der Waals surface area contributed by atoms with Crippen molar-refractivity contribution in [2.45, 2.75) is 50.7 Å². The maximum atomic E-state index is 11.7. The second-order valence-corrected chi connectivity index (χ2v) is 7.43. The topological polar surface area (TPSA) is 77.8 Å². The van der Waals surface area contributed by atoms with E-state index >= 15 is 0 Å². The van der Waals surface area contributed by atoms with Crippen LogP contribution < -0.4 is 9.47 Å². The number of methoxy groups -OCH3 is 2. The fourth-order valence-corrected chi connectivity index (χ4v) is 3.41. The standard InChI is InChI=1S/C21H27NO5/c1-24-18-6-5-16(11-19(18)26-12-15-3-4-15)13-27-21(14-22)9-7-17(8-10-21)20(23)25-2/h5-6,11,15,17H,3-4,7-10,12-13H2,1-2H3. The lowest BCUT2D eigenvalue weighted by molar-refractivity contribution is -0.148. The molecule has 27 heavy (non-hydrogen) atoms. The molecule has 2 saturated carbocycles. The van der Waals surface area contributed by atoms with Crippen molar-refractivity contribution in [1.82, 2.24) is 0 Å². The van der Waals surface area contributed by atoms with Crippen molar-refractivity contribution in [3.05, 3.63) is 23.8 Å². The van der Waals surface area contributed by atoms with Crippen molar-refractivity contribution >= 4 is 5.97 Å². The van der Waals surface area contributed by atoms with Gasteiger partial charge in [0, 0.05) is 0 Å². The molecule has 2 fully saturated rings. The summed E-state index contributed by atoms with van der Waals surface area (Å²) in [5, 5.41) is 9.65. The maximum Gasteiger partial charge on any atom is 0.308 e. The van der Waals surface area contributed by atoms with E-state index in [0.717, 1.165) is 5.56 Å². The number of rotatable bonds is 8. The summed E-state index contributed by atoms with van der Waals surface area (Å²) in [6, 6.07) is 8.04. The summed E-state index contributed by atoms with van der Waals surface area (Å²) in [6.07, 6.45) is 4.73. The summed E-state index contributed by atoms with van der Waals surface area (Å²) < 4.78 is 22.1. The van der Waals surface area contributed by atoms with Crippen LogP contribution in [-0.4, -0.2) is 32.4 Å². The van der Waals surface area contributed by atoms with Crippen LogP contribution in [0.2, 0.25) is 0 Å².